The van der Waals surface area contributed by atoms with Crippen LogP contribution in [0.2, 0.25) is 0 Å². The topological polar surface area (TPSA) is 12.0 Å². The van der Waals surface area contributed by atoms with Gasteiger partial charge in [-0.1, -0.05) is 12.1 Å². The van der Waals surface area contributed by atoms with Crippen LogP contribution in [0.25, 0.3) is 0 Å². The van der Waals surface area contributed by atoms with Crippen molar-refractivity contribution in [2.24, 2.45) is 0 Å². The van der Waals surface area contributed by atoms with Gasteiger partial charge in [-0.05, 0) is 24.0 Å². The van der Waals surface area contributed by atoms with Crippen LogP contribution in [0, 0.1) is 23.3 Å². The Bertz CT molecular complexity index is 587. The van der Waals surface area contributed by atoms with E-state index in [4.69, 9.17) is 0 Å². The van der Waals surface area contributed by atoms with E-state index in [1.165, 1.54) is 0 Å². The maximum absolute atomic E-state index is 13.4. The first-order chi connectivity index (χ1) is 9.52. The molecule has 2 rings (SSSR count). The summed E-state index contributed by atoms with van der Waals surface area (Å²) in [5.41, 5.74) is -0.0530. The molecule has 0 aromatic heterocycles. The van der Waals surface area contributed by atoms with Crippen LogP contribution in [0.15, 0.2) is 35.2 Å². The van der Waals surface area contributed by atoms with E-state index in [0.29, 0.717) is 0 Å². The Kier molecular flexibility index (Phi) is 4.54. The van der Waals surface area contributed by atoms with Crippen molar-refractivity contribution >= 4 is 17.4 Å². The molecule has 1 N–H and O–H groups in total. The van der Waals surface area contributed by atoms with Crippen molar-refractivity contribution in [3.63, 3.8) is 0 Å². The van der Waals surface area contributed by atoms with Crippen LogP contribution in [0.5, 0.6) is 0 Å². The molecule has 20 heavy (non-hydrogen) atoms. The fourth-order valence-electron chi connectivity index (χ4n) is 1.66. The van der Waals surface area contributed by atoms with Crippen molar-refractivity contribution < 1.29 is 17.6 Å². The lowest BCUT2D eigenvalue weighted by molar-refractivity contribution is 0.458. The number of thioether (sulfide) groups is 1. The largest absolute Gasteiger partial charge is 0.376 e. The average molecular weight is 301 g/mol. The van der Waals surface area contributed by atoms with E-state index >= 15 is 0 Å². The van der Waals surface area contributed by atoms with Gasteiger partial charge in [-0.25, -0.2) is 17.6 Å². The van der Waals surface area contributed by atoms with Gasteiger partial charge in [0.1, 0.15) is 5.69 Å². The lowest BCUT2D eigenvalue weighted by atomic mass is 10.2. The third kappa shape index (κ3) is 3.07. The monoisotopic (exact) mass is 301 g/mol. The quantitative estimate of drug-likeness (QED) is 0.504. The Hall–Kier alpha value is -1.69. The lowest BCUT2D eigenvalue weighted by Crippen LogP contribution is -2.07. The Morgan fingerprint density at radius 3 is 2.00 bits per heavy atom. The second kappa shape index (κ2) is 6.17. The molecule has 0 saturated heterocycles. The molecule has 0 unspecified atom stereocenters. The second-order valence-corrected chi connectivity index (χ2v) is 4.92. The number of nitrogens with one attached hydrogen (secondary N) is 1. The van der Waals surface area contributed by atoms with Crippen molar-refractivity contribution in [2.75, 3.05) is 11.6 Å². The van der Waals surface area contributed by atoms with Crippen LogP contribution < -0.4 is 5.32 Å². The highest BCUT2D eigenvalue weighted by molar-refractivity contribution is 7.98. The van der Waals surface area contributed by atoms with E-state index in [9.17, 15) is 17.6 Å². The second-order valence-electron chi connectivity index (χ2n) is 4.04. The first-order valence-corrected chi connectivity index (χ1v) is 6.95. The van der Waals surface area contributed by atoms with Gasteiger partial charge in [0.15, 0.2) is 23.3 Å². The minimum atomic E-state index is -1.43. The highest BCUT2D eigenvalue weighted by atomic mass is 32.2. The lowest BCUT2D eigenvalue weighted by Gasteiger charge is -2.10. The van der Waals surface area contributed by atoms with Crippen molar-refractivity contribution in [3.8, 4) is 0 Å². The predicted octanol–water partition coefficient (Wildman–Crippen LogP) is 4.58. The molecule has 0 spiro atoms. The molecule has 0 aliphatic rings. The third-order valence-corrected chi connectivity index (χ3v) is 3.48. The van der Waals surface area contributed by atoms with E-state index in [0.717, 1.165) is 10.5 Å². The molecule has 0 amide bonds. The minimum absolute atomic E-state index is 0.0609. The molecule has 0 radical (unpaired) electrons. The molecule has 0 bridgehead atoms. The standard InChI is InChI=1S/C14H11F4NS/c1-20-9-4-2-8(3-5-9)7-19-14-12(17)10(15)6-11(16)13(14)18/h2-6,19H,7H2,1H3. The summed E-state index contributed by atoms with van der Waals surface area (Å²) in [5.74, 6) is -5.71. The van der Waals surface area contributed by atoms with Crippen molar-refractivity contribution in [1.82, 2.24) is 0 Å². The summed E-state index contributed by atoms with van der Waals surface area (Å²) in [6.07, 6.45) is 1.92. The van der Waals surface area contributed by atoms with E-state index in [1.807, 2.05) is 18.4 Å². The maximum atomic E-state index is 13.4. The number of halogens is 4. The average Bonchev–Trinajstić information content (AvgIpc) is 2.46. The molecule has 2 aromatic carbocycles. The molecule has 0 aliphatic carbocycles. The third-order valence-electron chi connectivity index (χ3n) is 2.74. The zero-order valence-electron chi connectivity index (χ0n) is 10.5. The Morgan fingerprint density at radius 1 is 0.950 bits per heavy atom. The van der Waals surface area contributed by atoms with Crippen LogP contribution in [-0.4, -0.2) is 6.26 Å². The van der Waals surface area contributed by atoms with Crippen LogP contribution >= 0.6 is 11.8 Å². The van der Waals surface area contributed by atoms with Crippen molar-refractivity contribution in [3.05, 3.63) is 59.2 Å². The summed E-state index contributed by atoms with van der Waals surface area (Å²) in [6, 6.07) is 7.42. The number of rotatable bonds is 4. The first-order valence-electron chi connectivity index (χ1n) is 5.72. The fraction of sp³-hybridized carbons (Fsp3) is 0.143. The summed E-state index contributed by atoms with van der Waals surface area (Å²) >= 11 is 1.56. The zero-order valence-corrected chi connectivity index (χ0v) is 11.3. The molecule has 6 heteroatoms. The summed E-state index contributed by atoms with van der Waals surface area (Å²) in [7, 11) is 0. The molecular formula is C14H11F4NS. The van der Waals surface area contributed by atoms with Gasteiger partial charge in [0.25, 0.3) is 0 Å². The number of hydrogen-bond donors (Lipinski definition) is 1. The van der Waals surface area contributed by atoms with E-state index in [2.05, 4.69) is 5.32 Å². The maximum Gasteiger partial charge on any atom is 0.185 e. The smallest absolute Gasteiger partial charge is 0.185 e. The van der Waals surface area contributed by atoms with Gasteiger partial charge in [0, 0.05) is 17.5 Å². The number of anilines is 1. The summed E-state index contributed by atoms with van der Waals surface area (Å²) in [6.45, 7) is 0.0609. The van der Waals surface area contributed by atoms with Crippen LogP contribution in [0.4, 0.5) is 23.2 Å². The van der Waals surface area contributed by atoms with Crippen LogP contribution in [0.3, 0.4) is 0 Å². The van der Waals surface area contributed by atoms with Gasteiger partial charge in [0.2, 0.25) is 0 Å². The predicted molar refractivity (Wildman–Crippen MR) is 71.8 cm³/mol. The van der Waals surface area contributed by atoms with Crippen molar-refractivity contribution in [1.29, 1.82) is 0 Å². The zero-order chi connectivity index (χ0) is 14.7. The molecule has 1 nitrogen and oxygen atoms in total. The first kappa shape index (κ1) is 14.7. The molecule has 0 aliphatic heterocycles. The molecule has 2 aromatic rings. The van der Waals surface area contributed by atoms with Crippen LogP contribution in [0.1, 0.15) is 5.56 Å². The van der Waals surface area contributed by atoms with Gasteiger partial charge < -0.3 is 5.32 Å². The Morgan fingerprint density at radius 2 is 1.50 bits per heavy atom. The molecule has 0 fully saturated rings. The van der Waals surface area contributed by atoms with Crippen LogP contribution in [-0.2, 0) is 6.54 Å². The summed E-state index contributed by atoms with van der Waals surface area (Å²) in [4.78, 5) is 1.04. The minimum Gasteiger partial charge on any atom is -0.376 e. The van der Waals surface area contributed by atoms with Gasteiger partial charge in [0.05, 0.1) is 0 Å². The number of hydrogen-bond acceptors (Lipinski definition) is 2. The molecule has 0 atom stereocenters. The highest BCUT2D eigenvalue weighted by Gasteiger charge is 2.18. The van der Waals surface area contributed by atoms with E-state index in [-0.39, 0.29) is 12.6 Å². The van der Waals surface area contributed by atoms with Gasteiger partial charge >= 0.3 is 0 Å². The molecule has 0 heterocycles. The SMILES string of the molecule is CSc1ccc(CNc2c(F)c(F)cc(F)c2F)cc1. The van der Waals surface area contributed by atoms with Gasteiger partial charge in [-0.3, -0.25) is 0 Å². The van der Waals surface area contributed by atoms with E-state index in [1.54, 1.807) is 23.9 Å². The molecular weight excluding hydrogens is 290 g/mol. The Labute approximate surface area is 118 Å². The Balaban J connectivity index is 2.18. The fourth-order valence-corrected chi connectivity index (χ4v) is 2.07. The number of benzene rings is 2. The van der Waals surface area contributed by atoms with E-state index < -0.39 is 29.0 Å². The summed E-state index contributed by atoms with van der Waals surface area (Å²) < 4.78 is 52.9. The molecule has 106 valence electrons. The van der Waals surface area contributed by atoms with Crippen molar-refractivity contribution in [2.45, 2.75) is 11.4 Å². The normalized spacial score (nSPS) is 10.7. The highest BCUT2D eigenvalue weighted by Crippen LogP contribution is 2.25. The summed E-state index contributed by atoms with van der Waals surface area (Å²) in [5, 5.41) is 2.38. The van der Waals surface area contributed by atoms with Gasteiger partial charge in [-0.15, -0.1) is 11.8 Å². The molecule has 0 saturated carbocycles. The van der Waals surface area contributed by atoms with Gasteiger partial charge in [-0.2, -0.15) is 0 Å².